The number of aromatic nitrogens is 1. The van der Waals surface area contributed by atoms with Crippen LogP contribution in [0.15, 0.2) is 51.9 Å². The van der Waals surface area contributed by atoms with Crippen molar-refractivity contribution in [2.45, 2.75) is 60.0 Å². The number of H-pyrrole nitrogens is 1. The van der Waals surface area contributed by atoms with Gasteiger partial charge in [-0.1, -0.05) is 41.5 Å². The Bertz CT molecular complexity index is 872. The number of aromatic amines is 1. The Morgan fingerprint density at radius 1 is 1.10 bits per heavy atom. The number of rotatable bonds is 11. The molecule has 0 fully saturated rings. The molecule has 1 rings (SSSR count). The maximum Gasteiger partial charge on any atom is 0.238 e. The summed E-state index contributed by atoms with van der Waals surface area (Å²) in [6.07, 6.45) is 13.2. The van der Waals surface area contributed by atoms with E-state index in [-0.39, 0.29) is 17.3 Å². The lowest BCUT2D eigenvalue weighted by molar-refractivity contribution is 0.134. The first kappa shape index (κ1) is 25.5. The Labute approximate surface area is 181 Å². The van der Waals surface area contributed by atoms with Crippen LogP contribution < -0.4 is 14.9 Å². The minimum absolute atomic E-state index is 0.141. The van der Waals surface area contributed by atoms with Gasteiger partial charge in [-0.2, -0.15) is 0 Å². The second-order valence-electron chi connectivity index (χ2n) is 7.43. The fourth-order valence-corrected chi connectivity index (χ4v) is 3.04. The average Bonchev–Trinajstić information content (AvgIpc) is 2.74. The molecule has 1 aromatic rings. The summed E-state index contributed by atoms with van der Waals surface area (Å²) in [4.78, 5) is 15.6. The third-order valence-corrected chi connectivity index (χ3v) is 5.26. The van der Waals surface area contributed by atoms with Crippen LogP contribution in [0.5, 0.6) is 11.6 Å². The number of ether oxygens (including phenoxy) is 3. The van der Waals surface area contributed by atoms with Crippen LogP contribution in [-0.2, 0) is 11.2 Å². The summed E-state index contributed by atoms with van der Waals surface area (Å²) in [6, 6.07) is 0. The number of allylic oxidation sites excluding steroid dienone is 6. The molecule has 1 atom stereocenters. The Kier molecular flexibility index (Phi) is 11.0. The predicted octanol–water partition coefficient (Wildman–Crippen LogP) is 5.45. The van der Waals surface area contributed by atoms with Crippen molar-refractivity contribution < 1.29 is 14.2 Å². The Balaban J connectivity index is 2.76. The summed E-state index contributed by atoms with van der Waals surface area (Å²) in [7, 11) is 4.73. The van der Waals surface area contributed by atoms with Crippen molar-refractivity contribution in [3.05, 3.63) is 68.6 Å². The van der Waals surface area contributed by atoms with E-state index < -0.39 is 0 Å². The van der Waals surface area contributed by atoms with Crippen LogP contribution in [0.25, 0.3) is 0 Å². The maximum absolute atomic E-state index is 12.4. The first-order chi connectivity index (χ1) is 14.3. The fourth-order valence-electron chi connectivity index (χ4n) is 3.04. The summed E-state index contributed by atoms with van der Waals surface area (Å²) in [5.41, 5.74) is 5.02. The molecule has 1 aromatic heterocycles. The van der Waals surface area contributed by atoms with E-state index in [2.05, 4.69) is 56.1 Å². The Morgan fingerprint density at radius 2 is 1.80 bits per heavy atom. The van der Waals surface area contributed by atoms with Gasteiger partial charge in [0.1, 0.15) is 0 Å². The van der Waals surface area contributed by atoms with Crippen molar-refractivity contribution in [3.8, 4) is 11.6 Å². The Hall–Kier alpha value is -2.53. The molecular formula is C25H37NO4. The molecule has 0 aliphatic heterocycles. The van der Waals surface area contributed by atoms with Crippen LogP contribution in [0.4, 0.5) is 0 Å². The van der Waals surface area contributed by atoms with E-state index in [9.17, 15) is 4.79 Å². The van der Waals surface area contributed by atoms with E-state index >= 15 is 0 Å². The molecule has 30 heavy (non-hydrogen) atoms. The second-order valence-corrected chi connectivity index (χ2v) is 7.43. The lowest BCUT2D eigenvalue weighted by Crippen LogP contribution is -2.15. The summed E-state index contributed by atoms with van der Waals surface area (Å²) >= 11 is 0. The zero-order valence-corrected chi connectivity index (χ0v) is 19.7. The van der Waals surface area contributed by atoms with Gasteiger partial charge in [-0.25, -0.2) is 0 Å². The summed E-state index contributed by atoms with van der Waals surface area (Å²) < 4.78 is 15.9. The molecule has 166 valence electrons. The molecule has 1 N–H and O–H groups in total. The monoisotopic (exact) mass is 415 g/mol. The van der Waals surface area contributed by atoms with Gasteiger partial charge in [0.2, 0.25) is 17.1 Å². The van der Waals surface area contributed by atoms with Crippen molar-refractivity contribution >= 4 is 0 Å². The van der Waals surface area contributed by atoms with Gasteiger partial charge in [-0.15, -0.1) is 0 Å². The van der Waals surface area contributed by atoms with Crippen LogP contribution in [0.3, 0.4) is 0 Å². The number of hydrogen-bond donors (Lipinski definition) is 1. The zero-order chi connectivity index (χ0) is 22.7. The highest BCUT2D eigenvalue weighted by atomic mass is 16.5. The van der Waals surface area contributed by atoms with E-state index in [1.807, 2.05) is 6.92 Å². The van der Waals surface area contributed by atoms with Gasteiger partial charge in [0.25, 0.3) is 0 Å². The molecule has 1 heterocycles. The minimum atomic E-state index is -0.145. The molecule has 0 aliphatic rings. The van der Waals surface area contributed by atoms with Gasteiger partial charge in [0.05, 0.1) is 20.3 Å². The van der Waals surface area contributed by atoms with Gasteiger partial charge in [-0.3, -0.25) is 4.79 Å². The first-order valence-corrected chi connectivity index (χ1v) is 10.3. The van der Waals surface area contributed by atoms with Crippen molar-refractivity contribution in [3.63, 3.8) is 0 Å². The normalized spacial score (nSPS) is 14.3. The van der Waals surface area contributed by atoms with Gasteiger partial charge in [0, 0.05) is 24.8 Å². The van der Waals surface area contributed by atoms with Gasteiger partial charge >= 0.3 is 0 Å². The molecule has 0 aromatic carbocycles. The number of nitrogens with one attached hydrogen (secondary N) is 1. The highest BCUT2D eigenvalue weighted by Crippen LogP contribution is 2.22. The highest BCUT2D eigenvalue weighted by Gasteiger charge is 2.14. The molecule has 0 aliphatic carbocycles. The third-order valence-electron chi connectivity index (χ3n) is 5.26. The van der Waals surface area contributed by atoms with Crippen LogP contribution in [0.2, 0.25) is 0 Å². The molecule has 0 radical (unpaired) electrons. The average molecular weight is 416 g/mol. The first-order valence-electron chi connectivity index (χ1n) is 10.3. The second kappa shape index (κ2) is 12.9. The number of pyridine rings is 1. The van der Waals surface area contributed by atoms with Crippen molar-refractivity contribution in [1.82, 2.24) is 4.98 Å². The van der Waals surface area contributed by atoms with Gasteiger partial charge < -0.3 is 19.2 Å². The SMILES string of the molecule is CC=C(C)[C@H](CC=C(C)CC=CC(C)=CCc1[nH]c(OC)c(OC)c(=O)c1C)OC. The fraction of sp³-hybridized carbons (Fsp3) is 0.480. The molecular weight excluding hydrogens is 378 g/mol. The summed E-state index contributed by atoms with van der Waals surface area (Å²) in [6.45, 7) is 10.1. The van der Waals surface area contributed by atoms with Crippen molar-refractivity contribution in [2.24, 2.45) is 0 Å². The van der Waals surface area contributed by atoms with E-state index in [0.717, 1.165) is 24.1 Å². The molecule has 0 unspecified atom stereocenters. The molecule has 0 saturated heterocycles. The molecule has 0 bridgehead atoms. The van der Waals surface area contributed by atoms with E-state index in [1.54, 1.807) is 14.0 Å². The quantitative estimate of drug-likeness (QED) is 0.385. The predicted molar refractivity (Wildman–Crippen MR) is 125 cm³/mol. The third kappa shape index (κ3) is 7.38. The van der Waals surface area contributed by atoms with Crippen LogP contribution >= 0.6 is 0 Å². The number of hydrogen-bond acceptors (Lipinski definition) is 4. The Morgan fingerprint density at radius 3 is 2.37 bits per heavy atom. The summed E-state index contributed by atoms with van der Waals surface area (Å²) in [5.74, 6) is 0.565. The molecule has 5 nitrogen and oxygen atoms in total. The van der Waals surface area contributed by atoms with Crippen LogP contribution in [-0.4, -0.2) is 32.4 Å². The standard InChI is InChI=1S/C25H37NO4/c1-9-19(4)22(28-6)16-14-18(3)12-10-11-17(2)13-15-21-20(5)23(27)24(29-7)25(26-21)30-8/h9-11,13-14,22H,12,15-16H2,1-8H3,(H,26,27)/t22-/m0/s1. The van der Waals surface area contributed by atoms with Crippen molar-refractivity contribution in [1.29, 1.82) is 0 Å². The zero-order valence-electron chi connectivity index (χ0n) is 19.7. The van der Waals surface area contributed by atoms with Gasteiger partial charge in [-0.05, 0) is 53.0 Å². The minimum Gasteiger partial charge on any atom is -0.488 e. The maximum atomic E-state index is 12.4. The molecule has 0 saturated carbocycles. The molecule has 5 heteroatoms. The van der Waals surface area contributed by atoms with Crippen LogP contribution in [0.1, 0.15) is 51.8 Å². The molecule has 0 amide bonds. The van der Waals surface area contributed by atoms with E-state index in [0.29, 0.717) is 17.9 Å². The largest absolute Gasteiger partial charge is 0.488 e. The van der Waals surface area contributed by atoms with Gasteiger partial charge in [0.15, 0.2) is 0 Å². The summed E-state index contributed by atoms with van der Waals surface area (Å²) in [5, 5.41) is 0. The number of methoxy groups -OCH3 is 3. The smallest absolute Gasteiger partial charge is 0.238 e. The van der Waals surface area contributed by atoms with Crippen molar-refractivity contribution in [2.75, 3.05) is 21.3 Å². The van der Waals surface area contributed by atoms with E-state index in [4.69, 9.17) is 14.2 Å². The lowest BCUT2D eigenvalue weighted by Gasteiger charge is -2.14. The van der Waals surface area contributed by atoms with E-state index in [1.165, 1.54) is 25.4 Å². The van der Waals surface area contributed by atoms with Crippen LogP contribution in [0, 0.1) is 6.92 Å². The molecule has 0 spiro atoms. The topological polar surface area (TPSA) is 60.5 Å². The highest BCUT2D eigenvalue weighted by molar-refractivity contribution is 5.40. The lowest BCUT2D eigenvalue weighted by atomic mass is 10.0.